The number of rotatable bonds is 6. The van der Waals surface area contributed by atoms with Gasteiger partial charge in [-0.15, -0.1) is 0 Å². The number of hydrogen-bond donors (Lipinski definition) is 2. The van der Waals surface area contributed by atoms with Crippen molar-refractivity contribution in [2.45, 2.75) is 39.3 Å². The van der Waals surface area contributed by atoms with Crippen molar-refractivity contribution in [3.05, 3.63) is 77.7 Å². The fourth-order valence-corrected chi connectivity index (χ4v) is 3.78. The lowest BCUT2D eigenvalue weighted by Gasteiger charge is -2.24. The maximum Gasteiger partial charge on any atom is 0.259 e. The number of amides is 2. The van der Waals surface area contributed by atoms with Gasteiger partial charge in [0, 0.05) is 29.5 Å². The van der Waals surface area contributed by atoms with Crippen LogP contribution in [0.25, 0.3) is 0 Å². The molecule has 2 amide bonds. The molecule has 1 aromatic heterocycles. The van der Waals surface area contributed by atoms with E-state index >= 15 is 0 Å². The lowest BCUT2D eigenvalue weighted by Crippen LogP contribution is -2.29. The fraction of sp³-hybridized carbons (Fsp3) is 0.250. The molecule has 0 bridgehead atoms. The molecule has 1 aliphatic heterocycles. The number of fused-ring (bicyclic) bond motifs is 1. The molecular formula is C24H25N3O3. The van der Waals surface area contributed by atoms with Gasteiger partial charge in [0.15, 0.2) is 0 Å². The van der Waals surface area contributed by atoms with Crippen LogP contribution >= 0.6 is 0 Å². The maximum atomic E-state index is 12.8. The molecule has 0 aliphatic carbocycles. The van der Waals surface area contributed by atoms with Crippen LogP contribution in [0.1, 0.15) is 41.9 Å². The van der Waals surface area contributed by atoms with E-state index in [-0.39, 0.29) is 11.8 Å². The normalized spacial score (nSPS) is 15.0. The summed E-state index contributed by atoms with van der Waals surface area (Å²) in [6.45, 7) is 4.52. The third-order valence-corrected chi connectivity index (χ3v) is 5.40. The number of carbonyl (C=O) groups is 2. The lowest BCUT2D eigenvalue weighted by atomic mass is 10.1. The predicted octanol–water partition coefficient (Wildman–Crippen LogP) is 4.83. The molecule has 0 saturated carbocycles. The molecule has 1 aliphatic rings. The Labute approximate surface area is 175 Å². The van der Waals surface area contributed by atoms with Gasteiger partial charge < -0.3 is 20.0 Å². The van der Waals surface area contributed by atoms with E-state index in [0.717, 1.165) is 6.42 Å². The number of nitrogens with zero attached hydrogens (tertiary/aromatic N) is 1. The quantitative estimate of drug-likeness (QED) is 0.618. The first-order valence-electron chi connectivity index (χ1n) is 10.2. The summed E-state index contributed by atoms with van der Waals surface area (Å²) < 4.78 is 5.67. The average molecular weight is 403 g/mol. The number of furan rings is 1. The van der Waals surface area contributed by atoms with E-state index in [2.05, 4.69) is 40.7 Å². The Morgan fingerprint density at radius 1 is 1.03 bits per heavy atom. The molecule has 6 heteroatoms. The Kier molecular flexibility index (Phi) is 5.57. The standard InChI is InChI=1S/C24H25N3O3/c1-3-23(28)25-18-8-10-19(11-9-18)26-24(29)20-12-13-30-22(20)15-27-16(2)14-17-6-4-5-7-21(17)27/h4-13,16H,3,14-15H2,1-2H3,(H,25,28)(H,26,29). The molecule has 6 nitrogen and oxygen atoms in total. The highest BCUT2D eigenvalue weighted by Crippen LogP contribution is 2.33. The third kappa shape index (κ3) is 4.08. The van der Waals surface area contributed by atoms with Crippen molar-refractivity contribution in [2.24, 2.45) is 0 Å². The molecule has 4 rings (SSSR count). The molecule has 2 heterocycles. The van der Waals surface area contributed by atoms with Crippen LogP contribution in [-0.2, 0) is 17.8 Å². The summed E-state index contributed by atoms with van der Waals surface area (Å²) in [4.78, 5) is 26.6. The van der Waals surface area contributed by atoms with Gasteiger partial charge in [0.2, 0.25) is 5.91 Å². The molecule has 3 aromatic rings. The third-order valence-electron chi connectivity index (χ3n) is 5.40. The lowest BCUT2D eigenvalue weighted by molar-refractivity contribution is -0.115. The van der Waals surface area contributed by atoms with Crippen molar-refractivity contribution in [2.75, 3.05) is 15.5 Å². The highest BCUT2D eigenvalue weighted by molar-refractivity contribution is 6.05. The Balaban J connectivity index is 1.45. The SMILES string of the molecule is CCC(=O)Nc1ccc(NC(=O)c2ccoc2CN2c3ccccc3CC2C)cc1. The number of para-hydroxylation sites is 1. The van der Waals surface area contributed by atoms with Gasteiger partial charge in [-0.05, 0) is 55.3 Å². The van der Waals surface area contributed by atoms with E-state index in [9.17, 15) is 9.59 Å². The molecular weight excluding hydrogens is 378 g/mol. The van der Waals surface area contributed by atoms with Crippen LogP contribution in [0.15, 0.2) is 65.3 Å². The first kappa shape index (κ1) is 19.8. The van der Waals surface area contributed by atoms with E-state index in [1.54, 1.807) is 43.5 Å². The van der Waals surface area contributed by atoms with Crippen LogP contribution in [0.3, 0.4) is 0 Å². The first-order valence-corrected chi connectivity index (χ1v) is 10.2. The molecule has 1 unspecified atom stereocenters. The minimum absolute atomic E-state index is 0.0486. The number of nitrogens with one attached hydrogen (secondary N) is 2. The highest BCUT2D eigenvalue weighted by Gasteiger charge is 2.28. The summed E-state index contributed by atoms with van der Waals surface area (Å²) in [5.41, 5.74) is 4.39. The Morgan fingerprint density at radius 3 is 2.47 bits per heavy atom. The van der Waals surface area contributed by atoms with Crippen molar-refractivity contribution in [3.8, 4) is 0 Å². The van der Waals surface area contributed by atoms with Crippen molar-refractivity contribution >= 4 is 28.9 Å². The summed E-state index contributed by atoms with van der Waals surface area (Å²) in [6.07, 6.45) is 2.96. The Bertz CT molecular complexity index is 1060. The molecule has 154 valence electrons. The van der Waals surface area contributed by atoms with E-state index in [0.29, 0.717) is 41.7 Å². The largest absolute Gasteiger partial charge is 0.467 e. The van der Waals surface area contributed by atoms with E-state index < -0.39 is 0 Å². The van der Waals surface area contributed by atoms with Crippen LogP contribution in [0.2, 0.25) is 0 Å². The topological polar surface area (TPSA) is 74.6 Å². The second-order valence-corrected chi connectivity index (χ2v) is 7.50. The van der Waals surface area contributed by atoms with Crippen LogP contribution < -0.4 is 15.5 Å². The van der Waals surface area contributed by atoms with Crippen LogP contribution in [0.5, 0.6) is 0 Å². The van der Waals surface area contributed by atoms with Gasteiger partial charge >= 0.3 is 0 Å². The molecule has 30 heavy (non-hydrogen) atoms. The second kappa shape index (κ2) is 8.45. The molecule has 2 aromatic carbocycles. The Hall–Kier alpha value is -3.54. The summed E-state index contributed by atoms with van der Waals surface area (Å²) >= 11 is 0. The number of carbonyl (C=O) groups excluding carboxylic acids is 2. The molecule has 1 atom stereocenters. The van der Waals surface area contributed by atoms with Crippen LogP contribution in [0.4, 0.5) is 17.1 Å². The van der Waals surface area contributed by atoms with Gasteiger partial charge in [-0.1, -0.05) is 25.1 Å². The van der Waals surface area contributed by atoms with Gasteiger partial charge in [0.05, 0.1) is 18.4 Å². The fourth-order valence-electron chi connectivity index (χ4n) is 3.78. The van der Waals surface area contributed by atoms with E-state index in [1.807, 2.05) is 6.07 Å². The van der Waals surface area contributed by atoms with Gasteiger partial charge in [-0.25, -0.2) is 0 Å². The summed E-state index contributed by atoms with van der Waals surface area (Å²) in [5, 5.41) is 5.69. The first-order chi connectivity index (χ1) is 14.5. The maximum absolute atomic E-state index is 12.8. The van der Waals surface area contributed by atoms with Crippen molar-refractivity contribution in [3.63, 3.8) is 0 Å². The zero-order chi connectivity index (χ0) is 21.1. The van der Waals surface area contributed by atoms with E-state index in [4.69, 9.17) is 4.42 Å². The van der Waals surface area contributed by atoms with Gasteiger partial charge in [-0.3, -0.25) is 9.59 Å². The van der Waals surface area contributed by atoms with Crippen molar-refractivity contribution < 1.29 is 14.0 Å². The second-order valence-electron chi connectivity index (χ2n) is 7.50. The van der Waals surface area contributed by atoms with Gasteiger partial charge in [0.1, 0.15) is 5.76 Å². The highest BCUT2D eigenvalue weighted by atomic mass is 16.3. The minimum atomic E-state index is -0.218. The summed E-state index contributed by atoms with van der Waals surface area (Å²) in [5.74, 6) is 0.375. The number of hydrogen-bond acceptors (Lipinski definition) is 4. The molecule has 0 fully saturated rings. The van der Waals surface area contributed by atoms with Crippen molar-refractivity contribution in [1.82, 2.24) is 0 Å². The van der Waals surface area contributed by atoms with Crippen LogP contribution in [-0.4, -0.2) is 17.9 Å². The number of benzene rings is 2. The Morgan fingerprint density at radius 2 is 1.73 bits per heavy atom. The monoisotopic (exact) mass is 403 g/mol. The van der Waals surface area contributed by atoms with Crippen LogP contribution in [0, 0.1) is 0 Å². The van der Waals surface area contributed by atoms with Gasteiger partial charge in [0.25, 0.3) is 5.91 Å². The summed E-state index contributed by atoms with van der Waals surface area (Å²) in [7, 11) is 0. The zero-order valence-electron chi connectivity index (χ0n) is 17.1. The zero-order valence-corrected chi connectivity index (χ0v) is 17.1. The molecule has 0 spiro atoms. The minimum Gasteiger partial charge on any atom is -0.467 e. The van der Waals surface area contributed by atoms with Crippen molar-refractivity contribution in [1.29, 1.82) is 0 Å². The predicted molar refractivity (Wildman–Crippen MR) is 118 cm³/mol. The van der Waals surface area contributed by atoms with Gasteiger partial charge in [-0.2, -0.15) is 0 Å². The van der Waals surface area contributed by atoms with E-state index in [1.165, 1.54) is 11.3 Å². The molecule has 2 N–H and O–H groups in total. The average Bonchev–Trinajstić information content (AvgIpc) is 3.34. The number of anilines is 3. The summed E-state index contributed by atoms with van der Waals surface area (Å²) in [6, 6.07) is 17.5. The smallest absolute Gasteiger partial charge is 0.259 e. The molecule has 0 saturated heterocycles. The molecule has 0 radical (unpaired) electrons.